The Kier molecular flexibility index (Phi) is 4.57. The van der Waals surface area contributed by atoms with E-state index in [-0.39, 0.29) is 5.69 Å². The lowest BCUT2D eigenvalue weighted by molar-refractivity contribution is 0.0996. The van der Waals surface area contributed by atoms with Gasteiger partial charge in [0, 0.05) is 17.7 Å². The Hall–Kier alpha value is -2.41. The highest BCUT2D eigenvalue weighted by atomic mass is 16.5. The number of primary amides is 1. The summed E-state index contributed by atoms with van der Waals surface area (Å²) in [5, 5.41) is 10.4. The molecule has 1 saturated heterocycles. The lowest BCUT2D eigenvalue weighted by Crippen LogP contribution is -2.29. The van der Waals surface area contributed by atoms with Crippen LogP contribution in [0.5, 0.6) is 5.75 Å². The standard InChI is InChI=1S/C16H21N5O2/c1-23-13-6-5-11(14-15(16(17)22)19-20-18-14)9-12(13)10-21-7-3-2-4-8-21/h5-6,9H,2-4,7-8,10H2,1H3,(H2,17,22)(H,18,19,20). The van der Waals surface area contributed by atoms with Gasteiger partial charge in [0.25, 0.3) is 5.91 Å². The molecule has 7 heteroatoms. The second kappa shape index (κ2) is 6.78. The molecule has 122 valence electrons. The number of ether oxygens (including phenoxy) is 1. The summed E-state index contributed by atoms with van der Waals surface area (Å²) in [6, 6.07) is 5.76. The Labute approximate surface area is 134 Å². The third-order valence-electron chi connectivity index (χ3n) is 4.18. The lowest BCUT2D eigenvalue weighted by atomic mass is 10.0. The van der Waals surface area contributed by atoms with E-state index < -0.39 is 5.91 Å². The number of rotatable bonds is 5. The average molecular weight is 315 g/mol. The number of aromatic nitrogens is 3. The number of nitrogens with zero attached hydrogens (tertiary/aromatic N) is 3. The molecule has 3 rings (SSSR count). The van der Waals surface area contributed by atoms with Gasteiger partial charge in [0.1, 0.15) is 11.4 Å². The fourth-order valence-corrected chi connectivity index (χ4v) is 3.01. The summed E-state index contributed by atoms with van der Waals surface area (Å²) in [7, 11) is 1.67. The van der Waals surface area contributed by atoms with Gasteiger partial charge in [0.15, 0.2) is 5.69 Å². The predicted molar refractivity (Wildman–Crippen MR) is 86.0 cm³/mol. The molecule has 0 saturated carbocycles. The molecule has 2 heterocycles. The number of piperidine rings is 1. The number of nitrogens with one attached hydrogen (secondary N) is 1. The van der Waals surface area contributed by atoms with Gasteiger partial charge in [-0.05, 0) is 44.1 Å². The molecule has 7 nitrogen and oxygen atoms in total. The molecule has 1 aliphatic rings. The summed E-state index contributed by atoms with van der Waals surface area (Å²) in [6.45, 7) is 3.02. The molecular formula is C16H21N5O2. The van der Waals surface area contributed by atoms with Crippen LogP contribution in [0.3, 0.4) is 0 Å². The minimum atomic E-state index is -0.595. The van der Waals surface area contributed by atoms with Crippen LogP contribution in [0.1, 0.15) is 35.3 Å². The molecule has 0 spiro atoms. The summed E-state index contributed by atoms with van der Waals surface area (Å²) in [6.07, 6.45) is 3.77. The van der Waals surface area contributed by atoms with E-state index in [9.17, 15) is 4.79 Å². The number of amides is 1. The zero-order valence-electron chi connectivity index (χ0n) is 13.2. The number of aromatic amines is 1. The van der Waals surface area contributed by atoms with Gasteiger partial charge in [-0.15, -0.1) is 0 Å². The summed E-state index contributed by atoms with van der Waals surface area (Å²) >= 11 is 0. The molecule has 2 aromatic rings. The topological polar surface area (TPSA) is 97.1 Å². The second-order valence-corrected chi connectivity index (χ2v) is 5.75. The van der Waals surface area contributed by atoms with Crippen molar-refractivity contribution in [1.82, 2.24) is 20.3 Å². The summed E-state index contributed by atoms with van der Waals surface area (Å²) in [4.78, 5) is 13.9. The molecule has 0 atom stereocenters. The van der Waals surface area contributed by atoms with Crippen LogP contribution in [0.2, 0.25) is 0 Å². The Balaban J connectivity index is 1.92. The Morgan fingerprint density at radius 3 is 2.78 bits per heavy atom. The number of likely N-dealkylation sites (tertiary alicyclic amines) is 1. The minimum absolute atomic E-state index is 0.152. The molecule has 1 aromatic heterocycles. The first-order chi connectivity index (χ1) is 11.2. The zero-order chi connectivity index (χ0) is 16.2. The van der Waals surface area contributed by atoms with Crippen LogP contribution in [-0.4, -0.2) is 46.4 Å². The van der Waals surface area contributed by atoms with Crippen LogP contribution in [-0.2, 0) is 6.54 Å². The van der Waals surface area contributed by atoms with Crippen molar-refractivity contribution in [3.05, 3.63) is 29.5 Å². The van der Waals surface area contributed by atoms with Crippen molar-refractivity contribution >= 4 is 5.91 Å². The minimum Gasteiger partial charge on any atom is -0.496 e. The van der Waals surface area contributed by atoms with Crippen molar-refractivity contribution in [2.24, 2.45) is 5.73 Å². The molecule has 1 aliphatic heterocycles. The SMILES string of the molecule is COc1ccc(-c2n[nH]nc2C(N)=O)cc1CN1CCCCC1. The third-order valence-corrected chi connectivity index (χ3v) is 4.18. The molecule has 0 bridgehead atoms. The molecule has 1 amide bonds. The van der Waals surface area contributed by atoms with Crippen LogP contribution < -0.4 is 10.5 Å². The average Bonchev–Trinajstić information content (AvgIpc) is 3.06. The van der Waals surface area contributed by atoms with E-state index in [2.05, 4.69) is 20.3 Å². The highest BCUT2D eigenvalue weighted by molar-refractivity contribution is 5.96. The monoisotopic (exact) mass is 315 g/mol. The Morgan fingerprint density at radius 1 is 1.30 bits per heavy atom. The first-order valence-electron chi connectivity index (χ1n) is 7.79. The van der Waals surface area contributed by atoms with Crippen molar-refractivity contribution in [2.75, 3.05) is 20.2 Å². The maximum Gasteiger partial charge on any atom is 0.271 e. The Morgan fingerprint density at radius 2 is 2.09 bits per heavy atom. The highest BCUT2D eigenvalue weighted by Gasteiger charge is 2.18. The van der Waals surface area contributed by atoms with Gasteiger partial charge < -0.3 is 10.5 Å². The smallest absolute Gasteiger partial charge is 0.271 e. The second-order valence-electron chi connectivity index (χ2n) is 5.75. The first kappa shape index (κ1) is 15.5. The van der Waals surface area contributed by atoms with Crippen LogP contribution in [0, 0.1) is 0 Å². The Bertz CT molecular complexity index is 692. The molecular weight excluding hydrogens is 294 g/mol. The number of hydrogen-bond donors (Lipinski definition) is 2. The maximum atomic E-state index is 11.4. The number of hydrogen-bond acceptors (Lipinski definition) is 5. The van der Waals surface area contributed by atoms with E-state index in [0.29, 0.717) is 5.69 Å². The van der Waals surface area contributed by atoms with E-state index in [4.69, 9.17) is 10.5 Å². The predicted octanol–water partition coefficient (Wildman–Crippen LogP) is 1.57. The molecule has 1 fully saturated rings. The fraction of sp³-hybridized carbons (Fsp3) is 0.438. The van der Waals surface area contributed by atoms with E-state index in [0.717, 1.165) is 36.5 Å². The number of benzene rings is 1. The molecule has 0 unspecified atom stereocenters. The van der Waals surface area contributed by atoms with Crippen LogP contribution >= 0.6 is 0 Å². The van der Waals surface area contributed by atoms with Gasteiger partial charge in [-0.1, -0.05) is 6.42 Å². The molecule has 3 N–H and O–H groups in total. The van der Waals surface area contributed by atoms with Crippen LogP contribution in [0.15, 0.2) is 18.2 Å². The summed E-state index contributed by atoms with van der Waals surface area (Å²) in [5.74, 6) is 0.241. The van der Waals surface area contributed by atoms with E-state index in [1.165, 1.54) is 19.3 Å². The fourth-order valence-electron chi connectivity index (χ4n) is 3.01. The van der Waals surface area contributed by atoms with Crippen LogP contribution in [0.4, 0.5) is 0 Å². The number of methoxy groups -OCH3 is 1. The van der Waals surface area contributed by atoms with Gasteiger partial charge in [-0.2, -0.15) is 15.4 Å². The van der Waals surface area contributed by atoms with Gasteiger partial charge in [-0.25, -0.2) is 0 Å². The zero-order valence-corrected chi connectivity index (χ0v) is 13.2. The van der Waals surface area contributed by atoms with Gasteiger partial charge in [-0.3, -0.25) is 9.69 Å². The van der Waals surface area contributed by atoms with Crippen molar-refractivity contribution in [2.45, 2.75) is 25.8 Å². The molecule has 1 aromatic carbocycles. The highest BCUT2D eigenvalue weighted by Crippen LogP contribution is 2.28. The van der Waals surface area contributed by atoms with Gasteiger partial charge >= 0.3 is 0 Å². The molecule has 23 heavy (non-hydrogen) atoms. The quantitative estimate of drug-likeness (QED) is 0.873. The van der Waals surface area contributed by atoms with Gasteiger partial charge in [0.05, 0.1) is 7.11 Å². The number of carbonyl (C=O) groups excluding carboxylic acids is 1. The molecule has 0 radical (unpaired) electrons. The van der Waals surface area contributed by atoms with Crippen molar-refractivity contribution < 1.29 is 9.53 Å². The van der Waals surface area contributed by atoms with E-state index in [1.807, 2.05) is 18.2 Å². The third kappa shape index (κ3) is 3.34. The summed E-state index contributed by atoms with van der Waals surface area (Å²) < 4.78 is 5.47. The number of carbonyl (C=O) groups is 1. The van der Waals surface area contributed by atoms with Crippen LogP contribution in [0.25, 0.3) is 11.3 Å². The summed E-state index contributed by atoms with van der Waals surface area (Å²) in [5.41, 5.74) is 7.85. The lowest BCUT2D eigenvalue weighted by Gasteiger charge is -2.27. The first-order valence-corrected chi connectivity index (χ1v) is 7.79. The number of H-pyrrole nitrogens is 1. The largest absolute Gasteiger partial charge is 0.496 e. The van der Waals surface area contributed by atoms with Crippen molar-refractivity contribution in [1.29, 1.82) is 0 Å². The van der Waals surface area contributed by atoms with Crippen molar-refractivity contribution in [3.63, 3.8) is 0 Å². The van der Waals surface area contributed by atoms with Gasteiger partial charge in [0.2, 0.25) is 0 Å². The number of nitrogens with two attached hydrogens (primary N) is 1. The maximum absolute atomic E-state index is 11.4. The van der Waals surface area contributed by atoms with E-state index in [1.54, 1.807) is 7.11 Å². The van der Waals surface area contributed by atoms with E-state index >= 15 is 0 Å². The normalized spacial score (nSPS) is 15.5. The molecule has 0 aliphatic carbocycles. The van der Waals surface area contributed by atoms with Crippen molar-refractivity contribution in [3.8, 4) is 17.0 Å².